The largest absolute Gasteiger partial charge is 0.573 e. The predicted octanol–water partition coefficient (Wildman–Crippen LogP) is 7.29. The Labute approximate surface area is 205 Å². The van der Waals surface area contributed by atoms with Crippen LogP contribution >= 0.6 is 0 Å². The van der Waals surface area contributed by atoms with Gasteiger partial charge < -0.3 is 23.5 Å². The second kappa shape index (κ2) is 10.2. The molecule has 0 aliphatic rings. The lowest BCUT2D eigenvalue weighted by Crippen LogP contribution is -2.17. The van der Waals surface area contributed by atoms with Gasteiger partial charge in [0.2, 0.25) is 0 Å². The summed E-state index contributed by atoms with van der Waals surface area (Å²) in [6, 6.07) is 19.4. The summed E-state index contributed by atoms with van der Waals surface area (Å²) in [5, 5.41) is 0.752. The zero-order chi connectivity index (χ0) is 25.9. The molecule has 0 fully saturated rings. The SMILES string of the molecule is CCOC(=O)c1cc2ccc(Oc3cccc(OC(F)(F)F)c3)cc2n1-c1ccc(OC(C)C)cc1. The average Bonchev–Trinajstić information content (AvgIpc) is 3.17. The van der Waals surface area contributed by atoms with Crippen molar-refractivity contribution in [3.8, 4) is 28.7 Å². The first-order chi connectivity index (χ1) is 17.1. The van der Waals surface area contributed by atoms with Gasteiger partial charge in [-0.3, -0.25) is 0 Å². The van der Waals surface area contributed by atoms with Crippen molar-refractivity contribution in [2.24, 2.45) is 0 Å². The summed E-state index contributed by atoms with van der Waals surface area (Å²) >= 11 is 0. The quantitative estimate of drug-likeness (QED) is 0.238. The van der Waals surface area contributed by atoms with Gasteiger partial charge in [-0.1, -0.05) is 6.07 Å². The van der Waals surface area contributed by atoms with Gasteiger partial charge in [-0.05, 0) is 75.4 Å². The van der Waals surface area contributed by atoms with Crippen LogP contribution in [0.25, 0.3) is 16.6 Å². The molecule has 9 heteroatoms. The van der Waals surface area contributed by atoms with Gasteiger partial charge in [0.15, 0.2) is 0 Å². The number of nitrogens with zero attached hydrogens (tertiary/aromatic N) is 1. The fourth-order valence-corrected chi connectivity index (χ4v) is 3.69. The Morgan fingerprint density at radius 2 is 1.56 bits per heavy atom. The van der Waals surface area contributed by atoms with E-state index in [1.165, 1.54) is 18.2 Å². The smallest absolute Gasteiger partial charge is 0.491 e. The molecule has 36 heavy (non-hydrogen) atoms. The highest BCUT2D eigenvalue weighted by molar-refractivity contribution is 5.97. The molecule has 0 spiro atoms. The molecular formula is C27H24F3NO5. The van der Waals surface area contributed by atoms with Crippen LogP contribution in [0.5, 0.6) is 23.0 Å². The Morgan fingerprint density at radius 3 is 2.22 bits per heavy atom. The molecule has 0 aliphatic carbocycles. The molecule has 0 saturated heterocycles. The van der Waals surface area contributed by atoms with Crippen LogP contribution in [0.4, 0.5) is 13.2 Å². The van der Waals surface area contributed by atoms with E-state index in [2.05, 4.69) is 4.74 Å². The maximum absolute atomic E-state index is 12.7. The van der Waals surface area contributed by atoms with E-state index >= 15 is 0 Å². The highest BCUT2D eigenvalue weighted by atomic mass is 19.4. The van der Waals surface area contributed by atoms with Crippen LogP contribution in [0, 0.1) is 0 Å². The lowest BCUT2D eigenvalue weighted by molar-refractivity contribution is -0.274. The molecule has 4 rings (SSSR count). The number of halogens is 3. The van der Waals surface area contributed by atoms with E-state index in [0.717, 1.165) is 11.5 Å². The van der Waals surface area contributed by atoms with Crippen molar-refractivity contribution in [3.05, 3.63) is 78.5 Å². The van der Waals surface area contributed by atoms with Crippen LogP contribution in [0.1, 0.15) is 31.3 Å². The van der Waals surface area contributed by atoms with E-state index in [0.29, 0.717) is 28.4 Å². The Bertz CT molecular complexity index is 1360. The molecular weight excluding hydrogens is 475 g/mol. The number of hydrogen-bond acceptors (Lipinski definition) is 5. The van der Waals surface area contributed by atoms with Crippen LogP contribution < -0.4 is 14.2 Å². The van der Waals surface area contributed by atoms with Gasteiger partial charge in [0.1, 0.15) is 28.7 Å². The summed E-state index contributed by atoms with van der Waals surface area (Å²) in [5.41, 5.74) is 1.67. The molecule has 0 bridgehead atoms. The second-order valence-electron chi connectivity index (χ2n) is 8.09. The van der Waals surface area contributed by atoms with Crippen molar-refractivity contribution in [3.63, 3.8) is 0 Å². The normalized spacial score (nSPS) is 11.5. The van der Waals surface area contributed by atoms with Crippen molar-refractivity contribution >= 4 is 16.9 Å². The van der Waals surface area contributed by atoms with E-state index < -0.39 is 18.1 Å². The van der Waals surface area contributed by atoms with E-state index in [1.807, 2.05) is 38.1 Å². The third-order valence-corrected chi connectivity index (χ3v) is 5.00. The number of rotatable bonds is 8. The van der Waals surface area contributed by atoms with Crippen molar-refractivity contribution in [1.82, 2.24) is 4.57 Å². The molecule has 0 N–H and O–H groups in total. The number of hydrogen-bond donors (Lipinski definition) is 0. The molecule has 1 heterocycles. The number of fused-ring (bicyclic) bond motifs is 1. The molecule has 0 saturated carbocycles. The second-order valence-corrected chi connectivity index (χ2v) is 8.09. The van der Waals surface area contributed by atoms with Crippen LogP contribution in [0.2, 0.25) is 0 Å². The maximum Gasteiger partial charge on any atom is 0.573 e. The Balaban J connectivity index is 1.73. The Kier molecular flexibility index (Phi) is 7.10. The van der Waals surface area contributed by atoms with E-state index in [9.17, 15) is 18.0 Å². The summed E-state index contributed by atoms with van der Waals surface area (Å²) in [6.45, 7) is 5.80. The van der Waals surface area contributed by atoms with Crippen LogP contribution in [-0.4, -0.2) is 29.6 Å². The number of aromatic nitrogens is 1. The minimum Gasteiger partial charge on any atom is -0.491 e. The van der Waals surface area contributed by atoms with Crippen LogP contribution in [-0.2, 0) is 4.74 Å². The highest BCUT2D eigenvalue weighted by Gasteiger charge is 2.31. The summed E-state index contributed by atoms with van der Waals surface area (Å²) < 4.78 is 60.2. The number of ether oxygens (including phenoxy) is 4. The van der Waals surface area contributed by atoms with E-state index in [4.69, 9.17) is 14.2 Å². The maximum atomic E-state index is 12.7. The van der Waals surface area contributed by atoms with Crippen molar-refractivity contribution in [2.45, 2.75) is 33.2 Å². The average molecular weight is 499 g/mol. The number of carbonyl (C=O) groups excluding carboxylic acids is 1. The van der Waals surface area contributed by atoms with E-state index in [-0.39, 0.29) is 18.5 Å². The molecule has 188 valence electrons. The molecule has 1 aromatic heterocycles. The molecule has 0 radical (unpaired) electrons. The minimum atomic E-state index is -4.81. The predicted molar refractivity (Wildman–Crippen MR) is 128 cm³/mol. The number of carbonyl (C=O) groups is 1. The summed E-state index contributed by atoms with van der Waals surface area (Å²) in [4.78, 5) is 12.7. The molecule has 3 aromatic carbocycles. The van der Waals surface area contributed by atoms with Gasteiger partial charge in [-0.2, -0.15) is 0 Å². The van der Waals surface area contributed by atoms with E-state index in [1.54, 1.807) is 35.8 Å². The first kappa shape index (κ1) is 25.0. The first-order valence-electron chi connectivity index (χ1n) is 11.3. The van der Waals surface area contributed by atoms with Gasteiger partial charge in [-0.15, -0.1) is 13.2 Å². The molecule has 0 unspecified atom stereocenters. The van der Waals surface area contributed by atoms with Gasteiger partial charge in [0.05, 0.1) is 18.2 Å². The number of esters is 1. The van der Waals surface area contributed by atoms with Gasteiger partial charge >= 0.3 is 12.3 Å². The topological polar surface area (TPSA) is 58.9 Å². The standard InChI is InChI=1S/C27H24F3NO5/c1-4-33-26(32)25-14-18-8-11-22(35-21-6-5-7-23(15-21)36-27(28,29)30)16-24(18)31(25)19-9-12-20(13-10-19)34-17(2)3/h5-17H,4H2,1-3H3. The van der Waals surface area contributed by atoms with Crippen LogP contribution in [0.3, 0.4) is 0 Å². The fraction of sp³-hybridized carbons (Fsp3) is 0.222. The van der Waals surface area contributed by atoms with Crippen molar-refractivity contribution in [1.29, 1.82) is 0 Å². The molecule has 4 aromatic rings. The number of alkyl halides is 3. The first-order valence-corrected chi connectivity index (χ1v) is 11.3. The van der Waals surface area contributed by atoms with Gasteiger partial charge in [-0.25, -0.2) is 4.79 Å². The third-order valence-electron chi connectivity index (χ3n) is 5.00. The zero-order valence-corrected chi connectivity index (χ0v) is 19.8. The molecule has 0 aliphatic heterocycles. The highest BCUT2D eigenvalue weighted by Crippen LogP contribution is 2.33. The Morgan fingerprint density at radius 1 is 0.889 bits per heavy atom. The fourth-order valence-electron chi connectivity index (χ4n) is 3.69. The third kappa shape index (κ3) is 5.91. The Hall–Kier alpha value is -4.14. The van der Waals surface area contributed by atoms with Crippen LogP contribution in [0.15, 0.2) is 72.8 Å². The monoisotopic (exact) mass is 499 g/mol. The number of benzene rings is 3. The molecule has 0 amide bonds. The van der Waals surface area contributed by atoms with Crippen molar-refractivity contribution < 1.29 is 36.9 Å². The summed E-state index contributed by atoms with van der Waals surface area (Å²) in [5.74, 6) is 0.331. The van der Waals surface area contributed by atoms with Crippen molar-refractivity contribution in [2.75, 3.05) is 6.61 Å². The summed E-state index contributed by atoms with van der Waals surface area (Å²) in [7, 11) is 0. The lowest BCUT2D eigenvalue weighted by Gasteiger charge is -2.14. The summed E-state index contributed by atoms with van der Waals surface area (Å²) in [6.07, 6.45) is -4.80. The van der Waals surface area contributed by atoms with Gasteiger partial charge in [0, 0.05) is 23.2 Å². The molecule has 6 nitrogen and oxygen atoms in total. The molecule has 0 atom stereocenters. The van der Waals surface area contributed by atoms with Gasteiger partial charge in [0.25, 0.3) is 0 Å². The lowest BCUT2D eigenvalue weighted by atomic mass is 10.2. The minimum absolute atomic E-state index is 0.0121. The zero-order valence-electron chi connectivity index (χ0n) is 19.8.